The Bertz CT molecular complexity index is 1230. The molecule has 0 aliphatic carbocycles. The predicted molar refractivity (Wildman–Crippen MR) is 198 cm³/mol. The smallest absolute Gasteiger partial charge is 0.373 e. The van der Waals surface area contributed by atoms with E-state index in [9.17, 15) is 24.7 Å². The Hall–Kier alpha value is -2.20. The van der Waals surface area contributed by atoms with E-state index in [4.69, 9.17) is 14.2 Å². The third kappa shape index (κ3) is 10.5. The van der Waals surface area contributed by atoms with Crippen LogP contribution in [0.5, 0.6) is 0 Å². The van der Waals surface area contributed by atoms with Crippen LogP contribution in [0.15, 0.2) is 12.2 Å². The quantitative estimate of drug-likeness (QED) is 0.0399. The molecule has 1 amide bonds. The van der Waals surface area contributed by atoms with Gasteiger partial charge in [-0.15, -0.1) is 0 Å². The van der Waals surface area contributed by atoms with Crippen molar-refractivity contribution < 1.29 is 43.5 Å². The van der Waals surface area contributed by atoms with Gasteiger partial charge < -0.3 is 44.7 Å². The first-order valence-corrected chi connectivity index (χ1v) is 19.1. The highest BCUT2D eigenvalue weighted by Gasteiger charge is 2.64. The molecule has 0 aromatic carbocycles. The average Bonchev–Trinajstić information content (AvgIpc) is 3.36. The van der Waals surface area contributed by atoms with Gasteiger partial charge in [0.2, 0.25) is 11.6 Å². The SMILES string of the molecule is C.CC[C@H]1C=CCC[C@@]2(C[C@@H]3CC[C@@H]4C(C(=O)OCCC(=O)N(CCCNB(C)O)C[C@@H](O)CCNB(C)O)[C@]5(CCC[C@@H](C)O5)NC(=[N+]34)N2)O1. The zero-order chi connectivity index (χ0) is 35.9. The van der Waals surface area contributed by atoms with Crippen molar-refractivity contribution in [2.45, 2.75) is 154 Å². The monoisotopic (exact) mass is 720 g/mol. The lowest BCUT2D eigenvalue weighted by molar-refractivity contribution is -0.609. The molecule has 16 heteroatoms. The number of aliphatic hydroxyl groups is 1. The van der Waals surface area contributed by atoms with Gasteiger partial charge in [-0.05, 0) is 85.0 Å². The van der Waals surface area contributed by atoms with Gasteiger partial charge >= 0.3 is 26.0 Å². The van der Waals surface area contributed by atoms with E-state index in [1.165, 1.54) is 0 Å². The van der Waals surface area contributed by atoms with Crippen LogP contribution >= 0.6 is 0 Å². The van der Waals surface area contributed by atoms with Gasteiger partial charge in [-0.2, -0.15) is 0 Å². The van der Waals surface area contributed by atoms with Gasteiger partial charge in [0.15, 0.2) is 11.6 Å². The van der Waals surface area contributed by atoms with Gasteiger partial charge in [-0.3, -0.25) is 14.2 Å². The maximum Gasteiger partial charge on any atom is 0.373 e. The van der Waals surface area contributed by atoms with Gasteiger partial charge in [0.1, 0.15) is 6.61 Å². The number of allylic oxidation sites excluding steroid dienone is 1. The summed E-state index contributed by atoms with van der Waals surface area (Å²) < 4.78 is 21.8. The second kappa shape index (κ2) is 18.7. The molecule has 5 aliphatic rings. The Morgan fingerprint density at radius 1 is 1.14 bits per heavy atom. The Labute approximate surface area is 305 Å². The Kier molecular flexibility index (Phi) is 15.2. The minimum atomic E-state index is -0.935. The molecule has 0 bridgehead atoms. The fourth-order valence-corrected chi connectivity index (χ4v) is 8.59. The van der Waals surface area contributed by atoms with Crippen molar-refractivity contribution in [3.8, 4) is 0 Å². The van der Waals surface area contributed by atoms with E-state index in [0.29, 0.717) is 38.9 Å². The fraction of sp³-hybridized carbons (Fsp3) is 0.857. The van der Waals surface area contributed by atoms with Crippen LogP contribution in [-0.2, 0) is 23.8 Å². The second-order valence-electron chi connectivity index (χ2n) is 15.0. The van der Waals surface area contributed by atoms with Crippen LogP contribution in [0.2, 0.25) is 13.6 Å². The van der Waals surface area contributed by atoms with Crippen LogP contribution in [0.25, 0.3) is 0 Å². The number of rotatable bonds is 16. The molecule has 2 fully saturated rings. The first-order chi connectivity index (χ1) is 23.9. The number of esters is 1. The van der Waals surface area contributed by atoms with Crippen LogP contribution < -0.4 is 21.1 Å². The third-order valence-corrected chi connectivity index (χ3v) is 10.9. The maximum absolute atomic E-state index is 14.2. The van der Waals surface area contributed by atoms with Crippen LogP contribution in [-0.4, -0.2) is 131 Å². The number of nitrogens with one attached hydrogen (secondary N) is 4. The van der Waals surface area contributed by atoms with E-state index in [1.54, 1.807) is 18.5 Å². The summed E-state index contributed by atoms with van der Waals surface area (Å²) in [6.45, 7) is 8.77. The molecule has 14 nitrogen and oxygen atoms in total. The molecule has 0 saturated carbocycles. The van der Waals surface area contributed by atoms with Gasteiger partial charge in [-0.25, -0.2) is 10.6 Å². The summed E-state index contributed by atoms with van der Waals surface area (Å²) in [5.41, 5.74) is -1.42. The highest BCUT2D eigenvalue weighted by atomic mass is 16.6. The Morgan fingerprint density at radius 3 is 2.63 bits per heavy atom. The van der Waals surface area contributed by atoms with Crippen molar-refractivity contribution in [1.29, 1.82) is 0 Å². The van der Waals surface area contributed by atoms with Crippen molar-refractivity contribution >= 4 is 31.9 Å². The van der Waals surface area contributed by atoms with E-state index < -0.39 is 37.6 Å². The average molecular weight is 720 g/mol. The molecule has 7 N–H and O–H groups in total. The predicted octanol–water partition coefficient (Wildman–Crippen LogP) is 1.16. The molecule has 51 heavy (non-hydrogen) atoms. The molecule has 0 radical (unpaired) electrons. The number of hydrogen-bond acceptors (Lipinski definition) is 12. The molecule has 0 aromatic heterocycles. The van der Waals surface area contributed by atoms with E-state index >= 15 is 0 Å². The van der Waals surface area contributed by atoms with Crippen molar-refractivity contribution in [2.24, 2.45) is 5.92 Å². The van der Waals surface area contributed by atoms with Gasteiger partial charge in [0, 0.05) is 32.4 Å². The standard InChI is InChI=1S/C34H60B2N6O8.CH4/c1-5-27-11-6-7-16-33(50-27)22-25-12-13-28-30(34(17-8-10-24(2)49-34)40-32(39-33)42(25)28)31(45)48-21-15-29(44)41(20-9-18-37-35(3)46)23-26(43)14-19-38-36(4)47;/h6,11,24-28,30,37-38,43,46-47H,5,7-10,12-23H2,1-4H3,(H,39,40);1H4/p+1/t24-,25+,26+,27+,28-,30?,33+,34-;/m1./s1. The van der Waals surface area contributed by atoms with Gasteiger partial charge in [0.05, 0.1) is 36.8 Å². The van der Waals surface area contributed by atoms with Crippen molar-refractivity contribution in [3.63, 3.8) is 0 Å². The van der Waals surface area contributed by atoms with Crippen LogP contribution in [0.4, 0.5) is 0 Å². The highest BCUT2D eigenvalue weighted by Crippen LogP contribution is 2.45. The number of hydrogen-bond donors (Lipinski definition) is 7. The molecule has 2 saturated heterocycles. The fourth-order valence-electron chi connectivity index (χ4n) is 8.59. The van der Waals surface area contributed by atoms with Crippen molar-refractivity contribution in [2.75, 3.05) is 32.8 Å². The van der Waals surface area contributed by atoms with E-state index in [2.05, 4.69) is 51.7 Å². The Balaban J connectivity index is 0.00000583. The Morgan fingerprint density at radius 2 is 1.90 bits per heavy atom. The topological polar surface area (TPSA) is 177 Å². The zero-order valence-electron chi connectivity index (χ0n) is 30.6. The number of guanidine groups is 1. The van der Waals surface area contributed by atoms with Gasteiger partial charge in [-0.1, -0.05) is 26.5 Å². The number of amides is 1. The molecule has 8 atom stereocenters. The largest absolute Gasteiger partial charge is 0.465 e. The van der Waals surface area contributed by atoms with E-state index in [0.717, 1.165) is 57.3 Å². The summed E-state index contributed by atoms with van der Waals surface area (Å²) in [6.07, 6.45) is 12.4. The lowest BCUT2D eigenvalue weighted by Crippen LogP contribution is -2.76. The first-order valence-electron chi connectivity index (χ1n) is 19.1. The van der Waals surface area contributed by atoms with Crippen LogP contribution in [0, 0.1) is 5.92 Å². The number of aliphatic hydroxyl groups excluding tert-OH is 1. The third-order valence-electron chi connectivity index (χ3n) is 10.9. The molecule has 2 spiro atoms. The molecule has 1 unspecified atom stereocenters. The van der Waals surface area contributed by atoms with Crippen molar-refractivity contribution in [3.05, 3.63) is 12.2 Å². The summed E-state index contributed by atoms with van der Waals surface area (Å²) in [4.78, 5) is 29.2. The first kappa shape index (κ1) is 41.6. The van der Waals surface area contributed by atoms with E-state index in [1.807, 2.05) is 0 Å². The molecule has 288 valence electrons. The summed E-state index contributed by atoms with van der Waals surface area (Å²) in [5.74, 6) is -0.267. The zero-order valence-corrected chi connectivity index (χ0v) is 30.6. The summed E-state index contributed by atoms with van der Waals surface area (Å²) >= 11 is 0. The number of ether oxygens (including phenoxy) is 3. The number of carbonyl (C=O) groups excluding carboxylic acids is 2. The van der Waals surface area contributed by atoms with Crippen molar-refractivity contribution in [1.82, 2.24) is 26.0 Å². The normalized spacial score (nSPS) is 31.5. The minimum Gasteiger partial charge on any atom is -0.465 e. The minimum absolute atomic E-state index is 0. The van der Waals surface area contributed by atoms with E-state index in [-0.39, 0.29) is 63.2 Å². The highest BCUT2D eigenvalue weighted by molar-refractivity contribution is 6.45. The lowest BCUT2D eigenvalue weighted by Gasteiger charge is -2.50. The number of carbonyl (C=O) groups is 2. The molecule has 5 rings (SSSR count). The van der Waals surface area contributed by atoms with Gasteiger partial charge in [0.25, 0.3) is 0 Å². The second-order valence-corrected chi connectivity index (χ2v) is 15.0. The van der Waals surface area contributed by atoms with Crippen LogP contribution in [0.1, 0.15) is 98.3 Å². The number of nitrogens with zero attached hydrogens (tertiary/aromatic N) is 2. The molecule has 5 heterocycles. The molecular formula is C35H65B2N6O8+. The van der Waals surface area contributed by atoms with Crippen LogP contribution in [0.3, 0.4) is 0 Å². The molecule has 0 aromatic rings. The maximum atomic E-state index is 14.2. The molecule has 5 aliphatic heterocycles. The lowest BCUT2D eigenvalue weighted by atomic mass is 9.80. The summed E-state index contributed by atoms with van der Waals surface area (Å²) in [5, 5.41) is 43.0. The molecular weight excluding hydrogens is 654 g/mol. The summed E-state index contributed by atoms with van der Waals surface area (Å²) in [6, 6.07) is 0.109. The summed E-state index contributed by atoms with van der Waals surface area (Å²) in [7, 11) is -1.35.